The number of thiophene rings is 1. The Kier molecular flexibility index (Phi) is 6.06. The fraction of sp³-hybridized carbons (Fsp3) is 0.688. The minimum Gasteiger partial charge on any atom is -0.495 e. The van der Waals surface area contributed by atoms with E-state index >= 15 is 0 Å². The largest absolute Gasteiger partial charge is 0.495 e. The molecule has 0 atom stereocenters. The molecule has 1 aromatic rings. The fourth-order valence-corrected chi connectivity index (χ4v) is 4.12. The topological polar surface area (TPSA) is 41.6 Å². The third-order valence-corrected chi connectivity index (χ3v) is 5.41. The second-order valence-corrected chi connectivity index (χ2v) is 6.46. The van der Waals surface area contributed by atoms with Crippen LogP contribution in [-0.4, -0.2) is 44.1 Å². The smallest absolute Gasteiger partial charge is 0.265 e. The molecule has 4 nitrogen and oxygen atoms in total. The van der Waals surface area contributed by atoms with E-state index in [1.54, 1.807) is 18.4 Å². The summed E-state index contributed by atoms with van der Waals surface area (Å²) in [4.78, 5) is 16.8. The molecule has 5 heteroatoms. The minimum absolute atomic E-state index is 0.0124. The van der Waals surface area contributed by atoms with E-state index in [1.165, 1.54) is 23.3 Å². The van der Waals surface area contributed by atoms with E-state index in [0.717, 1.165) is 43.1 Å². The van der Waals surface area contributed by atoms with Crippen molar-refractivity contribution >= 4 is 17.2 Å². The van der Waals surface area contributed by atoms with Crippen LogP contribution in [0.5, 0.6) is 5.75 Å². The minimum atomic E-state index is 0.0124. The van der Waals surface area contributed by atoms with E-state index in [0.29, 0.717) is 6.54 Å². The van der Waals surface area contributed by atoms with Crippen molar-refractivity contribution in [3.8, 4) is 5.75 Å². The lowest BCUT2D eigenvalue weighted by Crippen LogP contribution is -2.34. The molecule has 118 valence electrons. The maximum atomic E-state index is 12.4. The van der Waals surface area contributed by atoms with E-state index in [1.807, 2.05) is 0 Å². The van der Waals surface area contributed by atoms with Gasteiger partial charge in [-0.3, -0.25) is 4.79 Å². The average Bonchev–Trinajstić information content (AvgIpc) is 2.90. The van der Waals surface area contributed by atoms with Crippen molar-refractivity contribution in [1.29, 1.82) is 0 Å². The van der Waals surface area contributed by atoms with Gasteiger partial charge in [0, 0.05) is 23.5 Å². The van der Waals surface area contributed by atoms with Gasteiger partial charge in [-0.1, -0.05) is 13.8 Å². The van der Waals surface area contributed by atoms with E-state index in [-0.39, 0.29) is 5.91 Å². The molecule has 21 heavy (non-hydrogen) atoms. The Bertz CT molecular complexity index is 481. The first kappa shape index (κ1) is 16.3. The summed E-state index contributed by atoms with van der Waals surface area (Å²) >= 11 is 1.61. The standard InChI is InChI=1S/C16H26N2O2S/c1-4-18(5-2)11-10-17-16(19)15-14(20-3)12-8-6-7-9-13(12)21-15/h4-11H2,1-3H3,(H,17,19). The molecule has 0 aliphatic heterocycles. The van der Waals surface area contributed by atoms with Crippen molar-refractivity contribution in [3.63, 3.8) is 0 Å². The summed E-state index contributed by atoms with van der Waals surface area (Å²) < 4.78 is 5.51. The van der Waals surface area contributed by atoms with Gasteiger partial charge in [0.15, 0.2) is 0 Å². The summed E-state index contributed by atoms with van der Waals surface area (Å²) in [5, 5.41) is 3.03. The predicted molar refractivity (Wildman–Crippen MR) is 87.6 cm³/mol. The first-order valence-electron chi connectivity index (χ1n) is 7.90. The zero-order valence-electron chi connectivity index (χ0n) is 13.3. The van der Waals surface area contributed by atoms with Crippen LogP contribution < -0.4 is 10.1 Å². The van der Waals surface area contributed by atoms with Gasteiger partial charge in [0.05, 0.1) is 7.11 Å². The molecule has 1 aliphatic rings. The molecule has 0 spiro atoms. The summed E-state index contributed by atoms with van der Waals surface area (Å²) in [6, 6.07) is 0. The molecule has 0 aromatic carbocycles. The molecule has 1 amide bonds. The highest BCUT2D eigenvalue weighted by atomic mass is 32.1. The summed E-state index contributed by atoms with van der Waals surface area (Å²) in [6.07, 6.45) is 4.55. The quantitative estimate of drug-likeness (QED) is 0.842. The molecule has 1 N–H and O–H groups in total. The van der Waals surface area contributed by atoms with E-state index < -0.39 is 0 Å². The number of rotatable bonds is 7. The Morgan fingerprint density at radius 1 is 1.29 bits per heavy atom. The number of nitrogens with zero attached hydrogens (tertiary/aromatic N) is 1. The highest BCUT2D eigenvalue weighted by Gasteiger charge is 2.25. The number of methoxy groups -OCH3 is 1. The number of fused-ring (bicyclic) bond motifs is 1. The van der Waals surface area contributed by atoms with Crippen LogP contribution in [0.3, 0.4) is 0 Å². The monoisotopic (exact) mass is 310 g/mol. The van der Waals surface area contributed by atoms with Crippen molar-refractivity contribution in [3.05, 3.63) is 15.3 Å². The molecule has 0 saturated carbocycles. The summed E-state index contributed by atoms with van der Waals surface area (Å²) in [7, 11) is 1.67. The molecule has 0 fully saturated rings. The van der Waals surface area contributed by atoms with Crippen molar-refractivity contribution in [2.24, 2.45) is 0 Å². The number of carbonyl (C=O) groups is 1. The molecule has 1 heterocycles. The molecule has 0 radical (unpaired) electrons. The normalized spacial score (nSPS) is 14.1. The number of carbonyl (C=O) groups excluding carboxylic acids is 1. The number of aryl methyl sites for hydroxylation is 1. The Morgan fingerprint density at radius 3 is 2.67 bits per heavy atom. The molecule has 0 saturated heterocycles. The van der Waals surface area contributed by atoms with Gasteiger partial charge in [0.2, 0.25) is 0 Å². The van der Waals surface area contributed by atoms with Crippen LogP contribution in [0.25, 0.3) is 0 Å². The highest BCUT2D eigenvalue weighted by Crippen LogP contribution is 2.39. The lowest BCUT2D eigenvalue weighted by molar-refractivity contribution is 0.0950. The van der Waals surface area contributed by atoms with Gasteiger partial charge in [0.1, 0.15) is 10.6 Å². The second-order valence-electron chi connectivity index (χ2n) is 5.36. The van der Waals surface area contributed by atoms with Crippen molar-refractivity contribution in [2.75, 3.05) is 33.3 Å². The molecular formula is C16H26N2O2S. The van der Waals surface area contributed by atoms with Gasteiger partial charge < -0.3 is 15.0 Å². The molecule has 0 unspecified atom stereocenters. The zero-order chi connectivity index (χ0) is 15.2. The number of amides is 1. The Labute approximate surface area is 131 Å². The molecule has 2 rings (SSSR count). The van der Waals surface area contributed by atoms with Crippen LogP contribution in [0.1, 0.15) is 46.8 Å². The van der Waals surface area contributed by atoms with Gasteiger partial charge in [-0.15, -0.1) is 11.3 Å². The van der Waals surface area contributed by atoms with Gasteiger partial charge in [-0.05, 0) is 38.8 Å². The average molecular weight is 310 g/mol. The zero-order valence-corrected chi connectivity index (χ0v) is 14.1. The number of ether oxygens (including phenoxy) is 1. The van der Waals surface area contributed by atoms with Gasteiger partial charge in [-0.2, -0.15) is 0 Å². The molecule has 1 aliphatic carbocycles. The van der Waals surface area contributed by atoms with Crippen molar-refractivity contribution in [1.82, 2.24) is 10.2 Å². The lowest BCUT2D eigenvalue weighted by atomic mass is 9.98. The lowest BCUT2D eigenvalue weighted by Gasteiger charge is -2.17. The van der Waals surface area contributed by atoms with Crippen LogP contribution in [0, 0.1) is 0 Å². The maximum absolute atomic E-state index is 12.4. The number of likely N-dealkylation sites (N-methyl/N-ethyl adjacent to an activating group) is 1. The van der Waals surface area contributed by atoms with Gasteiger partial charge in [0.25, 0.3) is 5.91 Å². The summed E-state index contributed by atoms with van der Waals surface area (Å²) in [6.45, 7) is 7.90. The van der Waals surface area contributed by atoms with Gasteiger partial charge >= 0.3 is 0 Å². The maximum Gasteiger partial charge on any atom is 0.265 e. The number of hydrogen-bond donors (Lipinski definition) is 1. The SMILES string of the molecule is CCN(CC)CCNC(=O)c1sc2c(c1OC)CCCC2. The van der Waals surface area contributed by atoms with E-state index in [4.69, 9.17) is 4.74 Å². The van der Waals surface area contributed by atoms with Crippen molar-refractivity contribution < 1.29 is 9.53 Å². The number of nitrogens with one attached hydrogen (secondary N) is 1. The Morgan fingerprint density at radius 2 is 2.00 bits per heavy atom. The first-order valence-corrected chi connectivity index (χ1v) is 8.71. The summed E-state index contributed by atoms with van der Waals surface area (Å²) in [5.41, 5.74) is 1.27. The second kappa shape index (κ2) is 7.80. The van der Waals surface area contributed by atoms with Crippen LogP contribution >= 0.6 is 11.3 Å². The molecule has 1 aromatic heterocycles. The third-order valence-electron chi connectivity index (χ3n) is 4.14. The summed E-state index contributed by atoms with van der Waals surface area (Å²) in [5.74, 6) is 0.827. The van der Waals surface area contributed by atoms with Gasteiger partial charge in [-0.25, -0.2) is 0 Å². The van der Waals surface area contributed by atoms with E-state index in [9.17, 15) is 4.79 Å². The predicted octanol–water partition coefficient (Wildman–Crippen LogP) is 2.71. The Balaban J connectivity index is 2.00. The van der Waals surface area contributed by atoms with Crippen molar-refractivity contribution in [2.45, 2.75) is 39.5 Å². The third kappa shape index (κ3) is 3.77. The van der Waals surface area contributed by atoms with Crippen LogP contribution in [0.15, 0.2) is 0 Å². The molecule has 0 bridgehead atoms. The molecular weight excluding hydrogens is 284 g/mol. The number of hydrogen-bond acceptors (Lipinski definition) is 4. The van der Waals surface area contributed by atoms with Crippen LogP contribution in [0.4, 0.5) is 0 Å². The van der Waals surface area contributed by atoms with Crippen LogP contribution in [0.2, 0.25) is 0 Å². The fourth-order valence-electron chi connectivity index (χ4n) is 2.85. The highest BCUT2D eigenvalue weighted by molar-refractivity contribution is 7.14. The Hall–Kier alpha value is -1.07. The van der Waals surface area contributed by atoms with E-state index in [2.05, 4.69) is 24.1 Å². The van der Waals surface area contributed by atoms with Crippen LogP contribution in [-0.2, 0) is 12.8 Å². The first-order chi connectivity index (χ1) is 10.2.